The third kappa shape index (κ3) is 6.18. The molecule has 166 valence electrons. The Morgan fingerprint density at radius 2 is 1.84 bits per heavy atom. The molecule has 2 N–H and O–H groups in total. The van der Waals surface area contributed by atoms with Crippen LogP contribution in [0, 0.1) is 5.82 Å². The van der Waals surface area contributed by atoms with E-state index in [-0.39, 0.29) is 18.3 Å². The Labute approximate surface area is 182 Å². The first-order valence-electron chi connectivity index (χ1n) is 10.5. The van der Waals surface area contributed by atoms with Gasteiger partial charge in [-0.15, -0.1) is 0 Å². The Morgan fingerprint density at radius 3 is 2.45 bits per heavy atom. The standard InChI is InChI=1S/C23H30FN5O2/c1-4-28-11-13-29(14-12-28)22-10-5-18(15-21(22)24)17(2)26-27-23(30)16-25-19-6-8-20(31-3)9-7-19/h5-10,15,25H,4,11-14,16H2,1-3H3,(H,27,30)/b26-17-. The van der Waals surface area contributed by atoms with Crippen LogP contribution in [-0.2, 0) is 4.79 Å². The number of nitrogens with zero attached hydrogens (tertiary/aromatic N) is 3. The summed E-state index contributed by atoms with van der Waals surface area (Å²) in [4.78, 5) is 16.5. The third-order valence-electron chi connectivity index (χ3n) is 5.42. The SMILES string of the molecule is CCN1CCN(c2ccc(/C(C)=N\NC(=O)CNc3ccc(OC)cc3)cc2F)CC1. The van der Waals surface area contributed by atoms with E-state index in [4.69, 9.17) is 4.74 Å². The van der Waals surface area contributed by atoms with E-state index >= 15 is 0 Å². The maximum atomic E-state index is 14.7. The van der Waals surface area contributed by atoms with E-state index < -0.39 is 0 Å². The van der Waals surface area contributed by atoms with Gasteiger partial charge in [-0.3, -0.25) is 4.79 Å². The molecule has 0 bridgehead atoms. The number of likely N-dealkylation sites (N-methyl/N-ethyl adjacent to an activating group) is 1. The number of amides is 1. The highest BCUT2D eigenvalue weighted by molar-refractivity contribution is 5.99. The van der Waals surface area contributed by atoms with Crippen LogP contribution >= 0.6 is 0 Å². The van der Waals surface area contributed by atoms with Crippen LogP contribution in [0.5, 0.6) is 5.75 Å². The number of rotatable bonds is 8. The van der Waals surface area contributed by atoms with Crippen molar-refractivity contribution in [2.24, 2.45) is 5.10 Å². The molecule has 1 fully saturated rings. The second-order valence-electron chi connectivity index (χ2n) is 7.40. The summed E-state index contributed by atoms with van der Waals surface area (Å²) in [7, 11) is 1.60. The van der Waals surface area contributed by atoms with Gasteiger partial charge in [-0.05, 0) is 49.9 Å². The van der Waals surface area contributed by atoms with Gasteiger partial charge in [0.25, 0.3) is 5.91 Å². The monoisotopic (exact) mass is 427 g/mol. The lowest BCUT2D eigenvalue weighted by Crippen LogP contribution is -2.46. The van der Waals surface area contributed by atoms with Crippen molar-refractivity contribution in [3.05, 3.63) is 53.8 Å². The molecule has 0 atom stereocenters. The van der Waals surface area contributed by atoms with E-state index in [0.29, 0.717) is 17.0 Å². The molecule has 0 saturated carbocycles. The topological polar surface area (TPSA) is 69.2 Å². The van der Waals surface area contributed by atoms with Gasteiger partial charge in [0.2, 0.25) is 0 Å². The van der Waals surface area contributed by atoms with Crippen molar-refractivity contribution >= 4 is 23.0 Å². The summed E-state index contributed by atoms with van der Waals surface area (Å²) in [5.74, 6) is 0.183. The predicted octanol–water partition coefficient (Wildman–Crippen LogP) is 2.93. The number of hydrogen-bond acceptors (Lipinski definition) is 6. The Morgan fingerprint density at radius 1 is 1.13 bits per heavy atom. The normalized spacial score (nSPS) is 15.0. The smallest absolute Gasteiger partial charge is 0.259 e. The molecule has 2 aromatic rings. The number of piperazine rings is 1. The zero-order valence-electron chi connectivity index (χ0n) is 18.3. The highest BCUT2D eigenvalue weighted by Gasteiger charge is 2.19. The van der Waals surface area contributed by atoms with Gasteiger partial charge in [-0.1, -0.05) is 13.0 Å². The minimum Gasteiger partial charge on any atom is -0.497 e. The van der Waals surface area contributed by atoms with Gasteiger partial charge < -0.3 is 19.9 Å². The van der Waals surface area contributed by atoms with Crippen LogP contribution in [0.3, 0.4) is 0 Å². The lowest BCUT2D eigenvalue weighted by atomic mass is 10.1. The summed E-state index contributed by atoms with van der Waals surface area (Å²) in [5, 5.41) is 7.12. The molecule has 1 amide bonds. The number of carbonyl (C=O) groups is 1. The fraction of sp³-hybridized carbons (Fsp3) is 0.391. The molecule has 0 unspecified atom stereocenters. The summed E-state index contributed by atoms with van der Waals surface area (Å²) < 4.78 is 19.8. The van der Waals surface area contributed by atoms with E-state index in [1.165, 1.54) is 6.07 Å². The minimum absolute atomic E-state index is 0.0696. The molecule has 0 aromatic heterocycles. The maximum absolute atomic E-state index is 14.7. The first-order chi connectivity index (χ1) is 15.0. The average molecular weight is 428 g/mol. The zero-order chi connectivity index (χ0) is 22.2. The lowest BCUT2D eigenvalue weighted by Gasteiger charge is -2.35. The van der Waals surface area contributed by atoms with Crippen LogP contribution in [0.2, 0.25) is 0 Å². The highest BCUT2D eigenvalue weighted by atomic mass is 19.1. The van der Waals surface area contributed by atoms with Gasteiger partial charge in [0.1, 0.15) is 11.6 Å². The fourth-order valence-electron chi connectivity index (χ4n) is 3.43. The molecular formula is C23H30FN5O2. The van der Waals surface area contributed by atoms with Gasteiger partial charge in [-0.2, -0.15) is 5.10 Å². The van der Waals surface area contributed by atoms with Crippen molar-refractivity contribution in [2.75, 3.05) is 56.6 Å². The third-order valence-corrected chi connectivity index (χ3v) is 5.42. The molecule has 31 heavy (non-hydrogen) atoms. The molecular weight excluding hydrogens is 397 g/mol. The van der Waals surface area contributed by atoms with E-state index in [1.807, 2.05) is 30.3 Å². The van der Waals surface area contributed by atoms with Crippen LogP contribution in [0.1, 0.15) is 19.4 Å². The van der Waals surface area contributed by atoms with Gasteiger partial charge >= 0.3 is 0 Å². The molecule has 8 heteroatoms. The Kier molecular flexibility index (Phi) is 7.83. The number of nitrogens with one attached hydrogen (secondary N) is 2. The highest BCUT2D eigenvalue weighted by Crippen LogP contribution is 2.22. The van der Waals surface area contributed by atoms with Crippen LogP contribution in [0.4, 0.5) is 15.8 Å². The molecule has 0 aliphatic carbocycles. The van der Waals surface area contributed by atoms with Gasteiger partial charge in [0.15, 0.2) is 0 Å². The Hall–Kier alpha value is -3.13. The number of hydrogen-bond donors (Lipinski definition) is 2. The van der Waals surface area contributed by atoms with Crippen LogP contribution < -0.4 is 20.4 Å². The molecule has 1 heterocycles. The zero-order valence-corrected chi connectivity index (χ0v) is 18.3. The van der Waals surface area contributed by atoms with Crippen molar-refractivity contribution in [1.82, 2.24) is 10.3 Å². The number of ether oxygens (including phenoxy) is 1. The van der Waals surface area contributed by atoms with Crippen molar-refractivity contribution in [2.45, 2.75) is 13.8 Å². The van der Waals surface area contributed by atoms with Crippen molar-refractivity contribution in [3.8, 4) is 5.75 Å². The molecule has 1 aliphatic heterocycles. The number of hydrazone groups is 1. The summed E-state index contributed by atoms with van der Waals surface area (Å²) >= 11 is 0. The Bertz CT molecular complexity index is 909. The molecule has 1 saturated heterocycles. The van der Waals surface area contributed by atoms with E-state index in [9.17, 15) is 9.18 Å². The van der Waals surface area contributed by atoms with Crippen LogP contribution in [-0.4, -0.2) is 62.9 Å². The number of methoxy groups -OCH3 is 1. The first-order valence-corrected chi connectivity index (χ1v) is 10.5. The van der Waals surface area contributed by atoms with Crippen molar-refractivity contribution in [3.63, 3.8) is 0 Å². The first kappa shape index (κ1) is 22.6. The summed E-state index contributed by atoms with van der Waals surface area (Å²) in [6, 6.07) is 12.4. The molecule has 3 rings (SSSR count). The van der Waals surface area contributed by atoms with Gasteiger partial charge in [-0.25, -0.2) is 9.82 Å². The second kappa shape index (κ2) is 10.8. The maximum Gasteiger partial charge on any atom is 0.259 e. The van der Waals surface area contributed by atoms with Crippen molar-refractivity contribution in [1.29, 1.82) is 0 Å². The number of carbonyl (C=O) groups excluding carboxylic acids is 1. The van der Waals surface area contributed by atoms with Crippen molar-refractivity contribution < 1.29 is 13.9 Å². The number of benzene rings is 2. The largest absolute Gasteiger partial charge is 0.497 e. The van der Waals surface area contributed by atoms with E-state index in [0.717, 1.165) is 44.2 Å². The Balaban J connectivity index is 1.53. The van der Waals surface area contributed by atoms with Crippen LogP contribution in [0.25, 0.3) is 0 Å². The minimum atomic E-state index is -0.291. The van der Waals surface area contributed by atoms with Gasteiger partial charge in [0.05, 0.1) is 25.1 Å². The second-order valence-corrected chi connectivity index (χ2v) is 7.40. The predicted molar refractivity (Wildman–Crippen MR) is 123 cm³/mol. The summed E-state index contributed by atoms with van der Waals surface area (Å²) in [6.07, 6.45) is 0. The average Bonchev–Trinajstić information content (AvgIpc) is 2.81. The number of halogens is 1. The molecule has 0 spiro atoms. The van der Waals surface area contributed by atoms with E-state index in [2.05, 4.69) is 32.6 Å². The lowest BCUT2D eigenvalue weighted by molar-refractivity contribution is -0.119. The summed E-state index contributed by atoms with van der Waals surface area (Å²) in [6.45, 7) is 8.48. The van der Waals surface area contributed by atoms with Crippen LogP contribution in [0.15, 0.2) is 47.6 Å². The summed E-state index contributed by atoms with van der Waals surface area (Å²) in [5.41, 5.74) is 5.09. The fourth-order valence-corrected chi connectivity index (χ4v) is 3.43. The van der Waals surface area contributed by atoms with Gasteiger partial charge in [0, 0.05) is 37.4 Å². The molecule has 2 aromatic carbocycles. The molecule has 0 radical (unpaired) electrons. The molecule has 7 nitrogen and oxygen atoms in total. The quantitative estimate of drug-likeness (QED) is 0.501. The molecule has 1 aliphatic rings. The number of anilines is 2. The van der Waals surface area contributed by atoms with E-state index in [1.54, 1.807) is 20.1 Å².